The summed E-state index contributed by atoms with van der Waals surface area (Å²) in [6, 6.07) is 7.96. The monoisotopic (exact) mass is 375 g/mol. The minimum Gasteiger partial charge on any atom is -0.449 e. The van der Waals surface area contributed by atoms with Gasteiger partial charge in [-0.1, -0.05) is 6.07 Å². The maximum Gasteiger partial charge on any atom is 0.339 e. The Morgan fingerprint density at radius 3 is 2.52 bits per heavy atom. The molecule has 8 nitrogen and oxygen atoms in total. The van der Waals surface area contributed by atoms with Crippen LogP contribution in [0.4, 0.5) is 21.5 Å². The SMILES string of the molecule is CNc1ccc(C(=O)O[C@H](C)C(=O)Nc2ccc(C)c(F)c2)cc1[N+](=O)[O-]. The predicted molar refractivity (Wildman–Crippen MR) is 97.3 cm³/mol. The van der Waals surface area contributed by atoms with Crippen molar-refractivity contribution in [2.45, 2.75) is 20.0 Å². The number of benzene rings is 2. The van der Waals surface area contributed by atoms with Gasteiger partial charge in [-0.2, -0.15) is 0 Å². The lowest BCUT2D eigenvalue weighted by Gasteiger charge is -2.14. The van der Waals surface area contributed by atoms with Gasteiger partial charge >= 0.3 is 5.97 Å². The lowest BCUT2D eigenvalue weighted by atomic mass is 10.1. The number of nitro groups is 1. The molecule has 2 N–H and O–H groups in total. The average molecular weight is 375 g/mol. The molecule has 0 radical (unpaired) electrons. The number of anilines is 2. The van der Waals surface area contributed by atoms with Crippen LogP contribution in [-0.2, 0) is 9.53 Å². The zero-order chi connectivity index (χ0) is 20.1. The summed E-state index contributed by atoms with van der Waals surface area (Å²) in [6.45, 7) is 2.93. The van der Waals surface area contributed by atoms with E-state index in [0.717, 1.165) is 12.1 Å². The van der Waals surface area contributed by atoms with E-state index in [1.165, 1.54) is 38.2 Å². The summed E-state index contributed by atoms with van der Waals surface area (Å²) in [5, 5.41) is 16.1. The number of rotatable bonds is 6. The van der Waals surface area contributed by atoms with Crippen molar-refractivity contribution < 1.29 is 23.6 Å². The fraction of sp³-hybridized carbons (Fsp3) is 0.222. The number of esters is 1. The number of halogens is 1. The van der Waals surface area contributed by atoms with Crippen molar-refractivity contribution in [2.75, 3.05) is 17.7 Å². The first-order valence-corrected chi connectivity index (χ1v) is 7.97. The highest BCUT2D eigenvalue weighted by Gasteiger charge is 2.22. The third-order valence-electron chi connectivity index (χ3n) is 3.79. The van der Waals surface area contributed by atoms with Gasteiger partial charge in [-0.3, -0.25) is 14.9 Å². The zero-order valence-electron chi connectivity index (χ0n) is 14.9. The Hall–Kier alpha value is -3.49. The van der Waals surface area contributed by atoms with Crippen molar-refractivity contribution in [2.24, 2.45) is 0 Å². The maximum atomic E-state index is 13.5. The van der Waals surface area contributed by atoms with Crippen LogP contribution >= 0.6 is 0 Å². The summed E-state index contributed by atoms with van der Waals surface area (Å²) in [7, 11) is 1.51. The number of nitro benzene ring substituents is 1. The molecule has 0 unspecified atom stereocenters. The van der Waals surface area contributed by atoms with Crippen LogP contribution < -0.4 is 10.6 Å². The van der Waals surface area contributed by atoms with Gasteiger partial charge in [0.15, 0.2) is 6.10 Å². The molecule has 1 amide bonds. The second-order valence-corrected chi connectivity index (χ2v) is 5.74. The van der Waals surface area contributed by atoms with Crippen LogP contribution in [0.25, 0.3) is 0 Å². The van der Waals surface area contributed by atoms with Gasteiger partial charge < -0.3 is 15.4 Å². The van der Waals surface area contributed by atoms with Crippen LogP contribution in [0.15, 0.2) is 36.4 Å². The fourth-order valence-corrected chi connectivity index (χ4v) is 2.22. The molecule has 0 aromatic heterocycles. The molecular formula is C18H18FN3O5. The molecule has 2 aromatic rings. The number of nitrogens with zero attached hydrogens (tertiary/aromatic N) is 1. The van der Waals surface area contributed by atoms with E-state index in [2.05, 4.69) is 10.6 Å². The molecule has 2 aromatic carbocycles. The molecule has 0 saturated carbocycles. The Balaban J connectivity index is 2.08. The van der Waals surface area contributed by atoms with Crippen molar-refractivity contribution in [3.63, 3.8) is 0 Å². The first-order valence-electron chi connectivity index (χ1n) is 7.97. The molecule has 0 heterocycles. The third kappa shape index (κ3) is 4.78. The van der Waals surface area contributed by atoms with Crippen LogP contribution in [0, 0.1) is 22.9 Å². The van der Waals surface area contributed by atoms with Crippen molar-refractivity contribution in [3.05, 3.63) is 63.5 Å². The Bertz CT molecular complexity index is 901. The van der Waals surface area contributed by atoms with E-state index in [1.807, 2.05) is 0 Å². The van der Waals surface area contributed by atoms with Crippen LogP contribution in [0.2, 0.25) is 0 Å². The lowest BCUT2D eigenvalue weighted by molar-refractivity contribution is -0.384. The Morgan fingerprint density at radius 1 is 1.22 bits per heavy atom. The van der Waals surface area contributed by atoms with E-state index in [1.54, 1.807) is 6.92 Å². The summed E-state index contributed by atoms with van der Waals surface area (Å²) in [6.07, 6.45) is -1.19. The van der Waals surface area contributed by atoms with E-state index in [4.69, 9.17) is 4.74 Å². The van der Waals surface area contributed by atoms with Gasteiger partial charge in [-0.15, -0.1) is 0 Å². The van der Waals surface area contributed by atoms with Crippen LogP contribution in [0.5, 0.6) is 0 Å². The standard InChI is InChI=1S/C18H18FN3O5/c1-10-4-6-13(9-14(10)19)21-17(23)11(2)27-18(24)12-5-7-15(20-3)16(8-12)22(25)26/h4-9,11,20H,1-3H3,(H,21,23)/t11-/m1/s1. The summed E-state index contributed by atoms with van der Waals surface area (Å²) >= 11 is 0. The summed E-state index contributed by atoms with van der Waals surface area (Å²) < 4.78 is 18.6. The Kier molecular flexibility index (Phi) is 6.07. The molecule has 0 bridgehead atoms. The van der Waals surface area contributed by atoms with Crippen molar-refractivity contribution in [1.29, 1.82) is 0 Å². The number of nitrogens with one attached hydrogen (secondary N) is 2. The minimum atomic E-state index is -1.19. The lowest BCUT2D eigenvalue weighted by Crippen LogP contribution is -2.30. The smallest absolute Gasteiger partial charge is 0.339 e. The number of hydrogen-bond donors (Lipinski definition) is 2. The van der Waals surface area contributed by atoms with Gasteiger partial charge in [0, 0.05) is 18.8 Å². The molecule has 142 valence electrons. The van der Waals surface area contributed by atoms with Gasteiger partial charge in [0.05, 0.1) is 10.5 Å². The molecule has 1 atom stereocenters. The minimum absolute atomic E-state index is 0.0678. The molecule has 9 heteroatoms. The van der Waals surface area contributed by atoms with Crippen LogP contribution in [0.3, 0.4) is 0 Å². The van der Waals surface area contributed by atoms with Gasteiger partial charge in [0.25, 0.3) is 11.6 Å². The second-order valence-electron chi connectivity index (χ2n) is 5.74. The van der Waals surface area contributed by atoms with Crippen molar-refractivity contribution >= 4 is 28.9 Å². The normalized spacial score (nSPS) is 11.4. The van der Waals surface area contributed by atoms with Crippen molar-refractivity contribution in [3.8, 4) is 0 Å². The van der Waals surface area contributed by atoms with E-state index >= 15 is 0 Å². The molecule has 0 aliphatic heterocycles. The number of carbonyl (C=O) groups is 2. The molecule has 0 fully saturated rings. The summed E-state index contributed by atoms with van der Waals surface area (Å²) in [5.41, 5.74) is 0.531. The number of carbonyl (C=O) groups excluding carboxylic acids is 2. The highest BCUT2D eigenvalue weighted by molar-refractivity contribution is 5.97. The second kappa shape index (κ2) is 8.26. The summed E-state index contributed by atoms with van der Waals surface area (Å²) in [5.74, 6) is -2.03. The molecule has 2 rings (SSSR count). The molecule has 0 aliphatic carbocycles. The topological polar surface area (TPSA) is 111 Å². The highest BCUT2D eigenvalue weighted by atomic mass is 19.1. The molecule has 0 spiro atoms. The molecular weight excluding hydrogens is 357 g/mol. The fourth-order valence-electron chi connectivity index (χ4n) is 2.22. The van der Waals surface area contributed by atoms with Gasteiger partial charge in [-0.05, 0) is 43.7 Å². The van der Waals surface area contributed by atoms with Gasteiger partial charge in [-0.25, -0.2) is 9.18 Å². The first kappa shape index (κ1) is 19.8. The quantitative estimate of drug-likeness (QED) is 0.455. The third-order valence-corrected chi connectivity index (χ3v) is 3.79. The largest absolute Gasteiger partial charge is 0.449 e. The zero-order valence-corrected chi connectivity index (χ0v) is 14.9. The molecule has 0 saturated heterocycles. The average Bonchev–Trinajstić information content (AvgIpc) is 2.63. The van der Waals surface area contributed by atoms with Crippen LogP contribution in [-0.4, -0.2) is 30.0 Å². The van der Waals surface area contributed by atoms with E-state index in [0.29, 0.717) is 5.56 Å². The van der Waals surface area contributed by atoms with E-state index in [-0.39, 0.29) is 22.6 Å². The molecule has 0 aliphatic rings. The summed E-state index contributed by atoms with van der Waals surface area (Å²) in [4.78, 5) is 34.7. The first-order chi connectivity index (χ1) is 12.7. The Labute approximate surface area is 154 Å². The molecule has 27 heavy (non-hydrogen) atoms. The number of hydrogen-bond acceptors (Lipinski definition) is 6. The predicted octanol–water partition coefficient (Wildman–Crippen LogP) is 3.27. The van der Waals surface area contributed by atoms with Gasteiger partial charge in [0.1, 0.15) is 11.5 Å². The Morgan fingerprint density at radius 2 is 1.93 bits per heavy atom. The maximum absolute atomic E-state index is 13.5. The van der Waals surface area contributed by atoms with E-state index in [9.17, 15) is 24.1 Å². The highest BCUT2D eigenvalue weighted by Crippen LogP contribution is 2.25. The van der Waals surface area contributed by atoms with Crippen molar-refractivity contribution in [1.82, 2.24) is 0 Å². The van der Waals surface area contributed by atoms with Crippen LogP contribution in [0.1, 0.15) is 22.8 Å². The van der Waals surface area contributed by atoms with E-state index < -0.39 is 28.7 Å². The number of aryl methyl sites for hydroxylation is 1. The van der Waals surface area contributed by atoms with Gasteiger partial charge in [0.2, 0.25) is 0 Å². The number of amides is 1. The number of ether oxygens (including phenoxy) is 1.